The molecule has 0 saturated heterocycles. The van der Waals surface area contributed by atoms with Crippen LogP contribution in [0.2, 0.25) is 0 Å². The molecular weight excluding hydrogens is 395 g/mol. The Labute approximate surface area is 144 Å². The van der Waals surface area contributed by atoms with Gasteiger partial charge >= 0.3 is 0 Å². The molecule has 0 amide bonds. The molecule has 2 aromatic rings. The number of aryl methyl sites for hydroxylation is 1. The second kappa shape index (κ2) is 7.84. The average Bonchev–Trinajstić information content (AvgIpc) is 3.04. The van der Waals surface area contributed by atoms with E-state index in [0.29, 0.717) is 0 Å². The summed E-state index contributed by atoms with van der Waals surface area (Å²) >= 11 is 4.21. The fraction of sp³-hybridized carbons (Fsp3) is 0.400. The van der Waals surface area contributed by atoms with Gasteiger partial charge < -0.3 is 14.8 Å². The van der Waals surface area contributed by atoms with E-state index in [1.54, 1.807) is 0 Å². The van der Waals surface area contributed by atoms with Gasteiger partial charge in [-0.25, -0.2) is 0 Å². The maximum Gasteiger partial charge on any atom is 0.193 e. The van der Waals surface area contributed by atoms with Gasteiger partial charge in [0.15, 0.2) is 5.96 Å². The van der Waals surface area contributed by atoms with Crippen LogP contribution in [0, 0.1) is 2.88 Å². The highest BCUT2D eigenvalue weighted by molar-refractivity contribution is 14.1. The van der Waals surface area contributed by atoms with Crippen molar-refractivity contribution in [2.75, 3.05) is 20.6 Å². The predicted molar refractivity (Wildman–Crippen MR) is 99.0 cm³/mol. The van der Waals surface area contributed by atoms with Crippen molar-refractivity contribution in [3.05, 3.63) is 43.9 Å². The van der Waals surface area contributed by atoms with Crippen molar-refractivity contribution < 1.29 is 0 Å². The number of aromatic nitrogens is 1. The van der Waals surface area contributed by atoms with Crippen molar-refractivity contribution in [3.8, 4) is 0 Å². The molecule has 2 aromatic heterocycles. The van der Waals surface area contributed by atoms with Gasteiger partial charge in [-0.2, -0.15) is 0 Å². The normalized spacial score (nSPS) is 11.7. The number of hydrogen-bond donors (Lipinski definition) is 1. The second-order valence-corrected chi connectivity index (χ2v) is 7.96. The number of guanidine groups is 1. The van der Waals surface area contributed by atoms with Crippen LogP contribution >= 0.6 is 33.9 Å². The molecule has 6 heteroatoms. The van der Waals surface area contributed by atoms with Gasteiger partial charge in [0.05, 0.1) is 9.43 Å². The molecule has 21 heavy (non-hydrogen) atoms. The predicted octanol–water partition coefficient (Wildman–Crippen LogP) is 2.94. The van der Waals surface area contributed by atoms with Crippen molar-refractivity contribution >= 4 is 39.9 Å². The monoisotopic (exact) mass is 416 g/mol. The van der Waals surface area contributed by atoms with Crippen molar-refractivity contribution in [3.63, 3.8) is 0 Å². The number of rotatable bonds is 5. The van der Waals surface area contributed by atoms with E-state index in [0.717, 1.165) is 25.5 Å². The number of nitrogens with zero attached hydrogens (tertiary/aromatic N) is 3. The summed E-state index contributed by atoms with van der Waals surface area (Å²) in [4.78, 5) is 7.91. The van der Waals surface area contributed by atoms with Gasteiger partial charge in [0.1, 0.15) is 0 Å². The summed E-state index contributed by atoms with van der Waals surface area (Å²) in [5, 5.41) is 3.43. The Morgan fingerprint density at radius 1 is 1.43 bits per heavy atom. The number of thiophene rings is 1. The van der Waals surface area contributed by atoms with E-state index in [4.69, 9.17) is 0 Å². The van der Waals surface area contributed by atoms with E-state index in [-0.39, 0.29) is 0 Å². The first-order chi connectivity index (χ1) is 10.1. The fourth-order valence-electron chi connectivity index (χ4n) is 2.15. The molecule has 2 rings (SSSR count). The summed E-state index contributed by atoms with van der Waals surface area (Å²) in [7, 11) is 5.96. The summed E-state index contributed by atoms with van der Waals surface area (Å²) in [6.45, 7) is 1.75. The molecule has 0 aliphatic heterocycles. The molecule has 0 fully saturated rings. The van der Waals surface area contributed by atoms with Gasteiger partial charge in [-0.15, -0.1) is 11.3 Å². The van der Waals surface area contributed by atoms with Crippen LogP contribution in [-0.4, -0.2) is 36.1 Å². The first-order valence-corrected chi connectivity index (χ1v) is 8.76. The minimum atomic E-state index is 0.847. The Bertz CT molecular complexity index is 602. The number of hydrogen-bond acceptors (Lipinski definition) is 2. The van der Waals surface area contributed by atoms with Crippen LogP contribution in [0.1, 0.15) is 10.6 Å². The van der Waals surface area contributed by atoms with Crippen LogP contribution in [-0.2, 0) is 20.0 Å². The summed E-state index contributed by atoms with van der Waals surface area (Å²) in [6, 6.07) is 8.57. The highest BCUT2D eigenvalue weighted by Gasteiger charge is 2.08. The van der Waals surface area contributed by atoms with Crippen LogP contribution in [0.25, 0.3) is 0 Å². The van der Waals surface area contributed by atoms with Crippen LogP contribution in [0.5, 0.6) is 0 Å². The number of aliphatic imine (C=N–C) groups is 1. The number of nitrogens with one attached hydrogen (secondary N) is 1. The maximum atomic E-state index is 4.36. The van der Waals surface area contributed by atoms with Crippen molar-refractivity contribution in [2.24, 2.45) is 12.0 Å². The summed E-state index contributed by atoms with van der Waals surface area (Å²) in [5.74, 6) is 0.933. The maximum absolute atomic E-state index is 4.36. The topological polar surface area (TPSA) is 32.6 Å². The first kappa shape index (κ1) is 16.4. The first-order valence-electron chi connectivity index (χ1n) is 6.86. The van der Waals surface area contributed by atoms with E-state index in [1.807, 2.05) is 18.4 Å². The van der Waals surface area contributed by atoms with E-state index < -0.39 is 0 Å². The zero-order valence-electron chi connectivity index (χ0n) is 12.6. The highest BCUT2D eigenvalue weighted by atomic mass is 127. The van der Waals surface area contributed by atoms with Crippen LogP contribution in [0.3, 0.4) is 0 Å². The molecule has 0 aliphatic carbocycles. The molecule has 2 heterocycles. The molecule has 0 aromatic carbocycles. The van der Waals surface area contributed by atoms with Gasteiger partial charge in [-0.1, -0.05) is 0 Å². The Morgan fingerprint density at radius 3 is 2.81 bits per heavy atom. The lowest BCUT2D eigenvalue weighted by Gasteiger charge is -2.22. The van der Waals surface area contributed by atoms with E-state index in [2.05, 4.69) is 86.9 Å². The zero-order valence-corrected chi connectivity index (χ0v) is 15.6. The summed E-state index contributed by atoms with van der Waals surface area (Å²) in [6.07, 6.45) is 3.10. The lowest BCUT2D eigenvalue weighted by atomic mass is 10.3. The van der Waals surface area contributed by atoms with Crippen LogP contribution in [0.4, 0.5) is 0 Å². The van der Waals surface area contributed by atoms with Crippen molar-refractivity contribution in [1.82, 2.24) is 14.8 Å². The smallest absolute Gasteiger partial charge is 0.193 e. The fourth-order valence-corrected chi connectivity index (χ4v) is 3.90. The second-order valence-electron chi connectivity index (χ2n) is 4.90. The van der Waals surface area contributed by atoms with Crippen molar-refractivity contribution in [2.45, 2.75) is 13.0 Å². The Hall–Kier alpha value is -1.02. The van der Waals surface area contributed by atoms with Gasteiger partial charge in [-0.05, 0) is 53.3 Å². The quantitative estimate of drug-likeness (QED) is 0.462. The van der Waals surface area contributed by atoms with E-state index >= 15 is 0 Å². The van der Waals surface area contributed by atoms with Gasteiger partial charge in [0.25, 0.3) is 0 Å². The minimum Gasteiger partial charge on any atom is -0.356 e. The summed E-state index contributed by atoms with van der Waals surface area (Å²) in [5.41, 5.74) is 1.27. The molecule has 0 aliphatic rings. The lowest BCUT2D eigenvalue weighted by Crippen LogP contribution is -2.39. The van der Waals surface area contributed by atoms with E-state index in [9.17, 15) is 0 Å². The SMILES string of the molecule is CN=C(NCCc1ccc(I)s1)N(C)Cc1cccn1C. The molecule has 0 atom stereocenters. The molecule has 0 spiro atoms. The third kappa shape index (κ3) is 4.74. The highest BCUT2D eigenvalue weighted by Crippen LogP contribution is 2.18. The molecule has 1 N–H and O–H groups in total. The molecular formula is C15H21IN4S. The third-order valence-electron chi connectivity index (χ3n) is 3.31. The Balaban J connectivity index is 1.83. The number of halogens is 1. The van der Waals surface area contributed by atoms with Crippen LogP contribution < -0.4 is 5.32 Å². The third-order valence-corrected chi connectivity index (χ3v) is 5.26. The minimum absolute atomic E-state index is 0.847. The largest absolute Gasteiger partial charge is 0.356 e. The Morgan fingerprint density at radius 2 is 2.24 bits per heavy atom. The Kier molecular flexibility index (Phi) is 6.10. The van der Waals surface area contributed by atoms with Crippen LogP contribution in [0.15, 0.2) is 35.5 Å². The zero-order chi connectivity index (χ0) is 15.2. The lowest BCUT2D eigenvalue weighted by molar-refractivity contribution is 0.462. The summed E-state index contributed by atoms with van der Waals surface area (Å²) < 4.78 is 3.48. The molecule has 0 saturated carbocycles. The molecule has 0 unspecified atom stereocenters. The van der Waals surface area contributed by atoms with Gasteiger partial charge in [0.2, 0.25) is 0 Å². The average molecular weight is 416 g/mol. The van der Waals surface area contributed by atoms with Crippen molar-refractivity contribution in [1.29, 1.82) is 0 Å². The van der Waals surface area contributed by atoms with Gasteiger partial charge in [-0.3, -0.25) is 4.99 Å². The molecule has 4 nitrogen and oxygen atoms in total. The van der Waals surface area contributed by atoms with Gasteiger partial charge in [0, 0.05) is 44.5 Å². The molecule has 0 radical (unpaired) electrons. The van der Waals surface area contributed by atoms with E-state index in [1.165, 1.54) is 13.5 Å². The molecule has 0 bridgehead atoms. The standard InChI is InChI=1S/C15H21IN4S/c1-17-15(18-9-8-13-6-7-14(16)21-13)20(3)11-12-5-4-10-19(12)2/h4-7,10H,8-9,11H2,1-3H3,(H,17,18). The molecule has 114 valence electrons.